The highest BCUT2D eigenvalue weighted by Crippen LogP contribution is 2.32. The molecule has 1 heterocycles. The second kappa shape index (κ2) is 9.58. The summed E-state index contributed by atoms with van der Waals surface area (Å²) < 4.78 is 68.1. The van der Waals surface area contributed by atoms with Gasteiger partial charge in [0, 0.05) is 13.1 Å². The number of carboxylic acids is 1. The van der Waals surface area contributed by atoms with Crippen molar-refractivity contribution in [2.75, 3.05) is 26.2 Å². The van der Waals surface area contributed by atoms with Gasteiger partial charge in [0.2, 0.25) is 10.0 Å². The van der Waals surface area contributed by atoms with Crippen molar-refractivity contribution in [3.05, 3.63) is 24.3 Å². The Kier molecular flexibility index (Phi) is 8.33. The lowest BCUT2D eigenvalue weighted by Crippen LogP contribution is -2.43. The fraction of sp³-hybridized carbons (Fsp3) is 0.533. The summed E-state index contributed by atoms with van der Waals surface area (Å²) in [4.78, 5) is 9.98. The number of piperidine rings is 1. The monoisotopic (exact) mass is 432 g/mol. The molecule has 1 fully saturated rings. The molecule has 1 unspecified atom stereocenters. The Labute approximate surface area is 160 Å². The molecule has 1 aliphatic heterocycles. The lowest BCUT2D eigenvalue weighted by atomic mass is 10.00. The molecule has 1 saturated heterocycles. The minimum Gasteiger partial charge on any atom is -0.480 e. The van der Waals surface area contributed by atoms with Crippen LogP contribution in [0.15, 0.2) is 29.2 Å². The summed E-state index contributed by atoms with van der Waals surface area (Å²) in [6.07, 6.45) is -3.78. The van der Waals surface area contributed by atoms with Crippen molar-refractivity contribution in [1.82, 2.24) is 9.62 Å². The average Bonchev–Trinajstić information content (AvgIpc) is 2.53. The minimum absolute atomic E-state index is 0. The van der Waals surface area contributed by atoms with Gasteiger partial charge in [-0.15, -0.1) is 25.6 Å². The maximum absolute atomic E-state index is 12.8. The van der Waals surface area contributed by atoms with Crippen LogP contribution >= 0.6 is 12.4 Å². The number of alkyl halides is 3. The average molecular weight is 433 g/mol. The summed E-state index contributed by atoms with van der Waals surface area (Å²) in [6.45, 7) is 0.331. The maximum Gasteiger partial charge on any atom is 0.573 e. The molecule has 27 heavy (non-hydrogen) atoms. The smallest absolute Gasteiger partial charge is 0.480 e. The van der Waals surface area contributed by atoms with E-state index in [1.165, 1.54) is 12.1 Å². The van der Waals surface area contributed by atoms with Crippen molar-refractivity contribution >= 4 is 28.4 Å². The first-order valence-electron chi connectivity index (χ1n) is 7.87. The molecule has 0 bridgehead atoms. The summed E-state index contributed by atoms with van der Waals surface area (Å²) in [7, 11) is -4.18. The van der Waals surface area contributed by atoms with Gasteiger partial charge >= 0.3 is 12.3 Å². The van der Waals surface area contributed by atoms with Gasteiger partial charge in [-0.1, -0.05) is 12.1 Å². The largest absolute Gasteiger partial charge is 0.573 e. The van der Waals surface area contributed by atoms with Gasteiger partial charge in [-0.2, -0.15) is 4.31 Å². The number of nitrogens with zero attached hydrogens (tertiary/aromatic N) is 1. The normalized spacial score (nSPS) is 18.6. The molecule has 1 aliphatic rings. The topological polar surface area (TPSA) is 95.9 Å². The quantitative estimate of drug-likeness (QED) is 0.685. The summed E-state index contributed by atoms with van der Waals surface area (Å²) in [5.74, 6) is -1.93. The number of benzene rings is 1. The van der Waals surface area contributed by atoms with Crippen LogP contribution in [0.25, 0.3) is 0 Å². The van der Waals surface area contributed by atoms with Crippen molar-refractivity contribution in [3.8, 4) is 5.75 Å². The lowest BCUT2D eigenvalue weighted by molar-refractivity contribution is -0.275. The number of hydrogen-bond donors (Lipinski definition) is 2. The molecule has 7 nitrogen and oxygen atoms in total. The van der Waals surface area contributed by atoms with Gasteiger partial charge in [0.05, 0.1) is 6.54 Å². The molecule has 2 rings (SSSR count). The van der Waals surface area contributed by atoms with Crippen LogP contribution in [0.5, 0.6) is 5.75 Å². The third kappa shape index (κ3) is 6.83. The maximum atomic E-state index is 12.8. The summed E-state index contributed by atoms with van der Waals surface area (Å²) >= 11 is 0. The van der Waals surface area contributed by atoms with Crippen LogP contribution in [-0.2, 0) is 14.8 Å². The van der Waals surface area contributed by atoms with E-state index >= 15 is 0 Å². The van der Waals surface area contributed by atoms with E-state index in [0.717, 1.165) is 16.4 Å². The van der Waals surface area contributed by atoms with Crippen molar-refractivity contribution in [3.63, 3.8) is 0 Å². The molecule has 1 atom stereocenters. The highest BCUT2D eigenvalue weighted by molar-refractivity contribution is 7.89. The number of carbonyl (C=O) groups is 1. The van der Waals surface area contributed by atoms with Crippen LogP contribution in [0.1, 0.15) is 12.8 Å². The van der Waals surface area contributed by atoms with Crippen LogP contribution in [-0.4, -0.2) is 56.3 Å². The number of ether oxygens (including phenoxy) is 1. The zero-order valence-electron chi connectivity index (χ0n) is 14.1. The number of carboxylic acid groups (broad SMARTS) is 1. The molecule has 2 N–H and O–H groups in total. The number of para-hydroxylation sites is 1. The molecular weight excluding hydrogens is 413 g/mol. The Morgan fingerprint density at radius 2 is 2.00 bits per heavy atom. The molecule has 0 radical (unpaired) electrons. The van der Waals surface area contributed by atoms with Gasteiger partial charge in [0.25, 0.3) is 0 Å². The van der Waals surface area contributed by atoms with Gasteiger partial charge in [-0.3, -0.25) is 4.79 Å². The molecule has 1 aromatic carbocycles. The van der Waals surface area contributed by atoms with Gasteiger partial charge < -0.3 is 15.2 Å². The molecular formula is C15H20ClF3N2O5S. The predicted molar refractivity (Wildman–Crippen MR) is 92.4 cm³/mol. The highest BCUT2D eigenvalue weighted by Gasteiger charge is 2.36. The third-order valence-electron chi connectivity index (χ3n) is 3.88. The second-order valence-corrected chi connectivity index (χ2v) is 7.80. The fourth-order valence-electron chi connectivity index (χ4n) is 2.81. The number of nitrogens with one attached hydrogen (secondary N) is 1. The summed E-state index contributed by atoms with van der Waals surface area (Å²) in [5.41, 5.74) is 0. The number of hydrogen-bond acceptors (Lipinski definition) is 5. The van der Waals surface area contributed by atoms with Crippen molar-refractivity contribution in [1.29, 1.82) is 0 Å². The number of aliphatic carboxylic acids is 1. The van der Waals surface area contributed by atoms with Crippen LogP contribution in [0.3, 0.4) is 0 Å². The first-order chi connectivity index (χ1) is 12.1. The standard InChI is InChI=1S/C15H19F3N2O5S.ClH/c16-15(17,18)25-12-5-1-2-6-13(12)26(23,24)20-7-3-4-11(10-20)8-19-9-14(21)22;/h1-2,5-6,11,19H,3-4,7-10H2,(H,21,22);1H. The second-order valence-electron chi connectivity index (χ2n) is 5.89. The minimum atomic E-state index is -5.00. The zero-order chi connectivity index (χ0) is 19.4. The summed E-state index contributed by atoms with van der Waals surface area (Å²) in [5, 5.41) is 11.3. The van der Waals surface area contributed by atoms with Gasteiger partial charge in [0.15, 0.2) is 0 Å². The van der Waals surface area contributed by atoms with E-state index in [-0.39, 0.29) is 38.0 Å². The SMILES string of the molecule is Cl.O=C(O)CNCC1CCCN(S(=O)(=O)c2ccccc2OC(F)(F)F)C1. The van der Waals surface area contributed by atoms with Crippen LogP contribution in [0.4, 0.5) is 13.2 Å². The van der Waals surface area contributed by atoms with E-state index in [0.29, 0.717) is 19.4 Å². The first kappa shape index (κ1) is 23.5. The van der Waals surface area contributed by atoms with Crippen LogP contribution in [0, 0.1) is 5.92 Å². The van der Waals surface area contributed by atoms with Gasteiger partial charge in [-0.25, -0.2) is 8.42 Å². The number of sulfonamides is 1. The Morgan fingerprint density at radius 1 is 1.33 bits per heavy atom. The molecule has 0 saturated carbocycles. The van der Waals surface area contributed by atoms with Crippen molar-refractivity contribution in [2.45, 2.75) is 24.1 Å². The predicted octanol–water partition coefficient (Wildman–Crippen LogP) is 2.08. The third-order valence-corrected chi connectivity index (χ3v) is 5.79. The molecule has 154 valence electrons. The highest BCUT2D eigenvalue weighted by atomic mass is 35.5. The van der Waals surface area contributed by atoms with Crippen molar-refractivity contribution in [2.24, 2.45) is 5.92 Å². The van der Waals surface area contributed by atoms with Gasteiger partial charge in [0.1, 0.15) is 10.6 Å². The molecule has 1 aromatic rings. The first-order valence-corrected chi connectivity index (χ1v) is 9.31. The number of halogens is 4. The summed E-state index contributed by atoms with van der Waals surface area (Å²) in [6, 6.07) is 4.61. The molecule has 0 aromatic heterocycles. The van der Waals surface area contributed by atoms with E-state index in [1.807, 2.05) is 0 Å². The lowest BCUT2D eigenvalue weighted by Gasteiger charge is -2.32. The van der Waals surface area contributed by atoms with E-state index in [1.54, 1.807) is 0 Å². The van der Waals surface area contributed by atoms with Crippen LogP contribution < -0.4 is 10.1 Å². The molecule has 12 heteroatoms. The molecule has 0 spiro atoms. The number of rotatable bonds is 7. The van der Waals surface area contributed by atoms with E-state index in [4.69, 9.17) is 5.11 Å². The fourth-order valence-corrected chi connectivity index (χ4v) is 4.48. The molecule has 0 amide bonds. The van der Waals surface area contributed by atoms with E-state index in [9.17, 15) is 26.4 Å². The van der Waals surface area contributed by atoms with E-state index < -0.39 is 33.0 Å². The van der Waals surface area contributed by atoms with Crippen molar-refractivity contribution < 1.29 is 36.2 Å². The Balaban J connectivity index is 0.00000364. The van der Waals surface area contributed by atoms with Crippen LogP contribution in [0.2, 0.25) is 0 Å². The van der Waals surface area contributed by atoms with E-state index in [2.05, 4.69) is 10.1 Å². The Bertz CT molecular complexity index is 745. The molecule has 0 aliphatic carbocycles. The van der Waals surface area contributed by atoms with Gasteiger partial charge in [-0.05, 0) is 37.4 Å². The zero-order valence-corrected chi connectivity index (χ0v) is 15.7. The Hall–Kier alpha value is -1.56. The Morgan fingerprint density at radius 3 is 2.63 bits per heavy atom.